The molecule has 1 aliphatic heterocycles. The van der Waals surface area contributed by atoms with E-state index in [0.717, 1.165) is 50.8 Å². The molecule has 0 saturated heterocycles. The zero-order chi connectivity index (χ0) is 20.5. The number of hydrogen-bond donors (Lipinski definition) is 1. The van der Waals surface area contributed by atoms with Crippen LogP contribution in [0.3, 0.4) is 0 Å². The largest absolute Gasteiger partial charge is 0.364 e. The van der Waals surface area contributed by atoms with Crippen LogP contribution < -0.4 is 4.90 Å². The van der Waals surface area contributed by atoms with Crippen molar-refractivity contribution in [3.8, 4) is 0 Å². The first kappa shape index (κ1) is 21.4. The fourth-order valence-electron chi connectivity index (χ4n) is 4.13. The Balaban J connectivity index is 0.00000231. The van der Waals surface area contributed by atoms with Gasteiger partial charge in [-0.25, -0.2) is 4.98 Å². The Morgan fingerprint density at radius 2 is 1.90 bits per heavy atom. The van der Waals surface area contributed by atoms with Crippen LogP contribution in [0.5, 0.6) is 0 Å². The Hall–Kier alpha value is -2.83. The molecule has 0 fully saturated rings. The van der Waals surface area contributed by atoms with E-state index in [0.29, 0.717) is 13.1 Å². The molecular formula is C24H22BrClN4O. The van der Waals surface area contributed by atoms with Crippen LogP contribution in [0, 0.1) is 0 Å². The van der Waals surface area contributed by atoms with Crippen molar-refractivity contribution in [1.29, 1.82) is 0 Å². The highest BCUT2D eigenvalue weighted by molar-refractivity contribution is 9.10. The molecule has 1 aromatic heterocycles. The van der Waals surface area contributed by atoms with Crippen molar-refractivity contribution in [1.82, 2.24) is 14.9 Å². The second-order valence-corrected chi connectivity index (χ2v) is 8.44. The molecule has 0 saturated carbocycles. The van der Waals surface area contributed by atoms with Crippen LogP contribution in [0.15, 0.2) is 77.7 Å². The van der Waals surface area contributed by atoms with Crippen molar-refractivity contribution >= 4 is 50.7 Å². The zero-order valence-corrected chi connectivity index (χ0v) is 19.2. The number of carbonyl (C=O) groups is 1. The topological polar surface area (TPSA) is 52.2 Å². The highest BCUT2D eigenvalue weighted by Crippen LogP contribution is 2.30. The molecule has 0 radical (unpaired) electrons. The summed E-state index contributed by atoms with van der Waals surface area (Å²) >= 11 is 3.59. The number of anilines is 1. The fraction of sp³-hybridized carbons (Fsp3) is 0.167. The average Bonchev–Trinajstić information content (AvgIpc) is 3.21. The number of halogens is 2. The molecule has 7 heteroatoms. The van der Waals surface area contributed by atoms with Gasteiger partial charge in [-0.2, -0.15) is 0 Å². The van der Waals surface area contributed by atoms with Gasteiger partial charge in [0.1, 0.15) is 0 Å². The summed E-state index contributed by atoms with van der Waals surface area (Å²) in [4.78, 5) is 25.2. The molecule has 0 unspecified atom stereocenters. The molecule has 0 aliphatic carbocycles. The SMILES string of the molecule is Cl.O=C(c1cccc2ccccc12)N1CCN(Cc2cnc[nH]2)c2ccc(Br)cc2C1. The third kappa shape index (κ3) is 4.31. The summed E-state index contributed by atoms with van der Waals surface area (Å²) in [5, 5.41) is 2.08. The van der Waals surface area contributed by atoms with Gasteiger partial charge in [-0.3, -0.25) is 4.79 Å². The van der Waals surface area contributed by atoms with Crippen LogP contribution in [-0.2, 0) is 13.1 Å². The van der Waals surface area contributed by atoms with Crippen LogP contribution in [0.1, 0.15) is 21.6 Å². The molecule has 2 heterocycles. The number of nitrogens with zero attached hydrogens (tertiary/aromatic N) is 3. The highest BCUT2D eigenvalue weighted by atomic mass is 79.9. The summed E-state index contributed by atoms with van der Waals surface area (Å²) in [5.74, 6) is 0.0705. The summed E-state index contributed by atoms with van der Waals surface area (Å²) in [6.45, 7) is 2.72. The first-order valence-corrected chi connectivity index (χ1v) is 10.8. The van der Waals surface area contributed by atoms with Crippen LogP contribution in [-0.4, -0.2) is 33.9 Å². The number of fused-ring (bicyclic) bond motifs is 2. The number of carbonyl (C=O) groups excluding carboxylic acids is 1. The summed E-state index contributed by atoms with van der Waals surface area (Å²) in [7, 11) is 0. The van der Waals surface area contributed by atoms with Gasteiger partial charge in [0.25, 0.3) is 5.91 Å². The van der Waals surface area contributed by atoms with E-state index in [2.05, 4.69) is 49.0 Å². The van der Waals surface area contributed by atoms with Gasteiger partial charge in [-0.15, -0.1) is 12.4 Å². The fourth-order valence-corrected chi connectivity index (χ4v) is 4.54. The lowest BCUT2D eigenvalue weighted by Gasteiger charge is -2.24. The molecule has 1 amide bonds. The molecule has 3 aromatic carbocycles. The Bertz CT molecular complexity index is 1210. The lowest BCUT2D eigenvalue weighted by molar-refractivity contribution is 0.0753. The monoisotopic (exact) mass is 496 g/mol. The van der Waals surface area contributed by atoms with Crippen molar-refractivity contribution in [3.63, 3.8) is 0 Å². The Kier molecular flexibility index (Phi) is 6.30. The molecule has 0 spiro atoms. The van der Waals surface area contributed by atoms with Gasteiger partial charge in [-0.05, 0) is 40.6 Å². The predicted molar refractivity (Wildman–Crippen MR) is 130 cm³/mol. The van der Waals surface area contributed by atoms with E-state index in [4.69, 9.17) is 0 Å². The van der Waals surface area contributed by atoms with Crippen molar-refractivity contribution in [3.05, 3.63) is 94.5 Å². The van der Waals surface area contributed by atoms with Gasteiger partial charge in [0, 0.05) is 41.6 Å². The molecule has 0 bridgehead atoms. The van der Waals surface area contributed by atoms with Gasteiger partial charge < -0.3 is 14.8 Å². The van der Waals surface area contributed by atoms with Gasteiger partial charge in [0.05, 0.1) is 18.6 Å². The van der Waals surface area contributed by atoms with Crippen LogP contribution >= 0.6 is 28.3 Å². The number of nitrogens with one attached hydrogen (secondary N) is 1. The maximum absolute atomic E-state index is 13.6. The van der Waals surface area contributed by atoms with Crippen molar-refractivity contribution < 1.29 is 4.79 Å². The van der Waals surface area contributed by atoms with Crippen LogP contribution in [0.25, 0.3) is 10.8 Å². The first-order chi connectivity index (χ1) is 14.7. The van der Waals surface area contributed by atoms with E-state index in [1.165, 1.54) is 0 Å². The van der Waals surface area contributed by atoms with Crippen molar-refractivity contribution in [2.45, 2.75) is 13.1 Å². The smallest absolute Gasteiger partial charge is 0.254 e. The number of hydrogen-bond acceptors (Lipinski definition) is 3. The molecule has 0 atom stereocenters. The van der Waals surface area contributed by atoms with Crippen molar-refractivity contribution in [2.75, 3.05) is 18.0 Å². The minimum absolute atomic E-state index is 0. The summed E-state index contributed by atoms with van der Waals surface area (Å²) < 4.78 is 1.02. The number of H-pyrrole nitrogens is 1. The molecule has 31 heavy (non-hydrogen) atoms. The van der Waals surface area contributed by atoms with Gasteiger partial charge >= 0.3 is 0 Å². The molecular weight excluding hydrogens is 476 g/mol. The van der Waals surface area contributed by atoms with Gasteiger partial charge in [0.15, 0.2) is 0 Å². The first-order valence-electron chi connectivity index (χ1n) is 9.97. The summed E-state index contributed by atoms with van der Waals surface area (Å²) in [6.07, 6.45) is 3.55. The normalized spacial score (nSPS) is 13.5. The maximum atomic E-state index is 13.6. The molecule has 5 rings (SSSR count). The van der Waals surface area contributed by atoms with E-state index in [1.807, 2.05) is 53.6 Å². The van der Waals surface area contributed by atoms with E-state index >= 15 is 0 Å². The predicted octanol–water partition coefficient (Wildman–Crippen LogP) is 5.41. The second kappa shape index (κ2) is 9.12. The van der Waals surface area contributed by atoms with Crippen LogP contribution in [0.4, 0.5) is 5.69 Å². The standard InChI is InChI=1S/C24H21BrN4O.ClH/c25-19-8-9-23-18(12-19)14-29(11-10-28(23)15-20-13-26-16-27-20)24(30)22-7-3-5-17-4-1-2-6-21(17)22;/h1-9,12-13,16H,10-11,14-15H2,(H,26,27);1H. The number of aromatic amines is 1. The molecule has 1 aliphatic rings. The zero-order valence-electron chi connectivity index (χ0n) is 16.8. The summed E-state index contributed by atoms with van der Waals surface area (Å²) in [5.41, 5.74) is 4.10. The molecule has 1 N–H and O–H groups in total. The Morgan fingerprint density at radius 3 is 2.74 bits per heavy atom. The number of rotatable bonds is 3. The molecule has 4 aromatic rings. The second-order valence-electron chi connectivity index (χ2n) is 7.52. The van der Waals surface area contributed by atoms with Gasteiger partial charge in [0.2, 0.25) is 0 Å². The number of aromatic nitrogens is 2. The lowest BCUT2D eigenvalue weighted by atomic mass is 10.0. The molecule has 5 nitrogen and oxygen atoms in total. The van der Waals surface area contributed by atoms with Crippen LogP contribution in [0.2, 0.25) is 0 Å². The third-order valence-electron chi connectivity index (χ3n) is 5.61. The van der Waals surface area contributed by atoms with E-state index in [-0.39, 0.29) is 18.3 Å². The third-order valence-corrected chi connectivity index (χ3v) is 6.10. The van der Waals surface area contributed by atoms with Crippen molar-refractivity contribution in [2.24, 2.45) is 0 Å². The minimum Gasteiger partial charge on any atom is -0.364 e. The van der Waals surface area contributed by atoms with E-state index < -0.39 is 0 Å². The quantitative estimate of drug-likeness (QED) is 0.412. The number of amides is 1. The Morgan fingerprint density at radius 1 is 1.06 bits per heavy atom. The minimum atomic E-state index is 0. The summed E-state index contributed by atoms with van der Waals surface area (Å²) in [6, 6.07) is 20.3. The van der Waals surface area contributed by atoms with Gasteiger partial charge in [-0.1, -0.05) is 52.3 Å². The average molecular weight is 498 g/mol. The number of imidazole rings is 1. The van der Waals surface area contributed by atoms with E-state index in [9.17, 15) is 4.79 Å². The van der Waals surface area contributed by atoms with E-state index in [1.54, 1.807) is 6.33 Å². The molecule has 158 valence electrons. The Labute approximate surface area is 195 Å². The highest BCUT2D eigenvalue weighted by Gasteiger charge is 2.25. The lowest BCUT2D eigenvalue weighted by Crippen LogP contribution is -2.35. The number of benzene rings is 3. The maximum Gasteiger partial charge on any atom is 0.254 e.